The monoisotopic (exact) mass is 330 g/mol. The number of ether oxygens (including phenoxy) is 1. The van der Waals surface area contributed by atoms with Gasteiger partial charge in [0.2, 0.25) is 5.91 Å². The molecule has 5 N–H and O–H groups in total. The van der Waals surface area contributed by atoms with Crippen molar-refractivity contribution >= 4 is 48.9 Å². The molecule has 0 aliphatic carbocycles. The van der Waals surface area contributed by atoms with Crippen molar-refractivity contribution in [2.45, 2.75) is 12.5 Å². The van der Waals surface area contributed by atoms with Crippen LogP contribution in [0.25, 0.3) is 0 Å². The second kappa shape index (κ2) is 8.76. The Bertz CT molecular complexity index is 587. The second-order valence-corrected chi connectivity index (χ2v) is 5.46. The molecule has 1 aromatic rings. The van der Waals surface area contributed by atoms with Gasteiger partial charge in [0.1, 0.15) is 12.2 Å². The number of carbonyl (C=O) groups excluding carboxylic acids is 1. The summed E-state index contributed by atoms with van der Waals surface area (Å²) < 4.78 is 16.0. The first-order chi connectivity index (χ1) is 9.23. The molecule has 1 radical (unpaired) electrons. The first kappa shape index (κ1) is 20.4. The molecule has 0 aliphatic rings. The summed E-state index contributed by atoms with van der Waals surface area (Å²) in [6.07, 6.45) is -1.40. The summed E-state index contributed by atoms with van der Waals surface area (Å²) in [5.41, 5.74) is 4.38. The Hall–Kier alpha value is -0.580. The van der Waals surface area contributed by atoms with E-state index in [1.54, 1.807) is 0 Å². The fraction of sp³-hybridized carbons (Fsp3) is 0.444. The van der Waals surface area contributed by atoms with Gasteiger partial charge in [-0.1, -0.05) is 0 Å². The van der Waals surface area contributed by atoms with Gasteiger partial charge in [-0.15, -0.1) is 0 Å². The number of carbonyl (C=O) groups is 1. The number of hydrogen-bond acceptors (Lipinski definition) is 7. The van der Waals surface area contributed by atoms with E-state index < -0.39 is 44.7 Å². The molecule has 0 aliphatic heterocycles. The van der Waals surface area contributed by atoms with Crippen molar-refractivity contribution < 1.29 is 29.0 Å². The fourth-order valence-electron chi connectivity index (χ4n) is 1.28. The second-order valence-electron chi connectivity index (χ2n) is 3.87. The Morgan fingerprint density at radius 1 is 1.52 bits per heavy atom. The molecule has 0 bridgehead atoms. The minimum Gasteiger partial charge on any atom is -0.394 e. The van der Waals surface area contributed by atoms with E-state index in [0.717, 1.165) is 6.20 Å². The summed E-state index contributed by atoms with van der Waals surface area (Å²) in [6.45, 7) is -0.636. The molecule has 21 heavy (non-hydrogen) atoms. The summed E-state index contributed by atoms with van der Waals surface area (Å²) >= 11 is 0. The average Bonchev–Trinajstić information content (AvgIpc) is 2.33. The van der Waals surface area contributed by atoms with Gasteiger partial charge in [-0.3, -0.25) is 9.36 Å². The Morgan fingerprint density at radius 3 is 2.62 bits per heavy atom. The summed E-state index contributed by atoms with van der Waals surface area (Å²) in [4.78, 5) is 43.8. The number of aliphatic hydroxyl groups excluding tert-OH is 1. The summed E-state index contributed by atoms with van der Waals surface area (Å²) in [7, 11) is -4.41. The molecular weight excluding hydrogens is 316 g/mol. The Kier molecular flexibility index (Phi) is 8.52. The molecule has 1 heterocycles. The molecule has 10 nitrogen and oxygen atoms in total. The van der Waals surface area contributed by atoms with Gasteiger partial charge in [-0.2, -0.15) is 4.98 Å². The summed E-state index contributed by atoms with van der Waals surface area (Å²) in [5, 5.41) is 8.98. The van der Waals surface area contributed by atoms with E-state index in [-0.39, 0.29) is 35.4 Å². The van der Waals surface area contributed by atoms with Crippen molar-refractivity contribution in [3.63, 3.8) is 0 Å². The normalized spacial score (nSPS) is 12.5. The maximum absolute atomic E-state index is 11.8. The Labute approximate surface area is 141 Å². The van der Waals surface area contributed by atoms with Gasteiger partial charge in [-0.25, -0.2) is 9.36 Å². The minimum absolute atomic E-state index is 0. The Morgan fingerprint density at radius 2 is 2.14 bits per heavy atom. The van der Waals surface area contributed by atoms with Crippen LogP contribution < -0.4 is 11.4 Å². The number of aliphatic hydroxyl groups is 1. The third-order valence-corrected chi connectivity index (χ3v) is 2.66. The van der Waals surface area contributed by atoms with Crippen molar-refractivity contribution in [2.24, 2.45) is 0 Å². The van der Waals surface area contributed by atoms with Crippen LogP contribution in [0.5, 0.6) is 0 Å². The first-order valence-corrected chi connectivity index (χ1v) is 7.18. The number of aromatic nitrogens is 2. The summed E-state index contributed by atoms with van der Waals surface area (Å²) in [6, 6.07) is 1.24. The van der Waals surface area contributed by atoms with Gasteiger partial charge >= 0.3 is 13.3 Å². The predicted molar refractivity (Wildman–Crippen MR) is 72.8 cm³/mol. The molecule has 0 unspecified atom stereocenters. The smallest absolute Gasteiger partial charge is 0.356 e. The minimum atomic E-state index is -4.41. The van der Waals surface area contributed by atoms with Crippen molar-refractivity contribution in [1.82, 2.24) is 9.55 Å². The van der Waals surface area contributed by atoms with E-state index in [1.165, 1.54) is 6.07 Å². The predicted octanol–water partition coefficient (Wildman–Crippen LogP) is -2.01. The van der Waals surface area contributed by atoms with E-state index in [1.807, 2.05) is 0 Å². The van der Waals surface area contributed by atoms with E-state index in [9.17, 15) is 14.2 Å². The number of nitrogens with zero attached hydrogens (tertiary/aromatic N) is 2. The summed E-state index contributed by atoms with van der Waals surface area (Å²) in [5.74, 6) is -0.789. The third-order valence-electron chi connectivity index (χ3n) is 2.18. The number of hydrogen-bond donors (Lipinski definition) is 4. The molecule has 0 saturated heterocycles. The van der Waals surface area contributed by atoms with Gasteiger partial charge in [0.15, 0.2) is 0 Å². The van der Waals surface area contributed by atoms with Crippen molar-refractivity contribution in [3.8, 4) is 0 Å². The van der Waals surface area contributed by atoms with Crippen LogP contribution in [0.4, 0.5) is 5.82 Å². The van der Waals surface area contributed by atoms with E-state index >= 15 is 0 Å². The maximum Gasteiger partial charge on any atom is 0.356 e. The Balaban J connectivity index is 0.00000400. The largest absolute Gasteiger partial charge is 0.394 e. The van der Waals surface area contributed by atoms with Crippen LogP contribution in [0.1, 0.15) is 11.2 Å². The van der Waals surface area contributed by atoms with E-state index in [4.69, 9.17) is 25.4 Å². The molecular formula is C9H14N3NaO7P. The SMILES string of the molecule is Nc1ccn(C(=O)C[C@H](CO)OCP(=O)(O)O)c(=O)n1.[Na]. The van der Waals surface area contributed by atoms with E-state index in [2.05, 4.69) is 4.98 Å². The molecule has 12 heteroatoms. The third kappa shape index (κ3) is 7.30. The van der Waals surface area contributed by atoms with Gasteiger partial charge in [0.25, 0.3) is 0 Å². The van der Waals surface area contributed by atoms with Crippen LogP contribution in [0.3, 0.4) is 0 Å². The maximum atomic E-state index is 11.8. The molecule has 1 rings (SSSR count). The van der Waals surface area contributed by atoms with Gasteiger partial charge in [0.05, 0.1) is 19.1 Å². The number of nitrogen functional groups attached to an aromatic ring is 1. The van der Waals surface area contributed by atoms with Crippen LogP contribution >= 0.6 is 7.60 Å². The molecule has 0 amide bonds. The zero-order valence-corrected chi connectivity index (χ0v) is 14.1. The molecule has 0 fully saturated rings. The standard InChI is InChI=1S/C9H14N3O7P.Na/c10-7-1-2-12(9(15)11-7)8(14)3-6(4-13)19-5-20(16,17)18;/h1-2,6,13H,3-5H2,(H2,10,11,15)(H2,16,17,18);/t6-;/m1./s1. The topological polar surface area (TPSA) is 165 Å². The number of anilines is 1. The van der Waals surface area contributed by atoms with Crippen LogP contribution in [0.2, 0.25) is 0 Å². The van der Waals surface area contributed by atoms with Crippen molar-refractivity contribution in [1.29, 1.82) is 0 Å². The quantitative estimate of drug-likeness (QED) is 0.340. The molecule has 0 spiro atoms. The first-order valence-electron chi connectivity index (χ1n) is 5.38. The van der Waals surface area contributed by atoms with Crippen molar-refractivity contribution in [2.75, 3.05) is 18.7 Å². The zero-order chi connectivity index (χ0) is 15.3. The van der Waals surface area contributed by atoms with Crippen LogP contribution in [-0.2, 0) is 9.30 Å². The average molecular weight is 330 g/mol. The number of nitrogens with two attached hydrogens (primary N) is 1. The van der Waals surface area contributed by atoms with Crippen LogP contribution in [0.15, 0.2) is 17.1 Å². The van der Waals surface area contributed by atoms with Gasteiger partial charge < -0.3 is 25.4 Å². The van der Waals surface area contributed by atoms with Gasteiger partial charge in [0, 0.05) is 35.8 Å². The van der Waals surface area contributed by atoms with Crippen LogP contribution in [0, 0.1) is 0 Å². The van der Waals surface area contributed by atoms with Gasteiger partial charge in [-0.05, 0) is 6.07 Å². The molecule has 1 aromatic heterocycles. The molecule has 0 saturated carbocycles. The molecule has 0 aromatic carbocycles. The van der Waals surface area contributed by atoms with Crippen LogP contribution in [-0.4, -0.2) is 79.0 Å². The zero-order valence-electron chi connectivity index (χ0n) is 11.2. The number of rotatable bonds is 6. The van der Waals surface area contributed by atoms with Crippen molar-refractivity contribution in [3.05, 3.63) is 22.7 Å². The molecule has 1 atom stereocenters. The molecule has 113 valence electrons. The van der Waals surface area contributed by atoms with E-state index in [0.29, 0.717) is 4.57 Å². The fourth-order valence-corrected chi connectivity index (χ4v) is 1.68.